The molecule has 0 unspecified atom stereocenters. The maximum atomic E-state index is 3.58. The number of anilines is 1. The van der Waals surface area contributed by atoms with Crippen LogP contribution in [-0.2, 0) is 6.42 Å². The molecule has 17 heavy (non-hydrogen) atoms. The molecule has 0 aliphatic carbocycles. The van der Waals surface area contributed by atoms with Crippen molar-refractivity contribution >= 4 is 5.69 Å². The van der Waals surface area contributed by atoms with Crippen LogP contribution < -0.4 is 5.32 Å². The van der Waals surface area contributed by atoms with Crippen molar-refractivity contribution in [3.63, 3.8) is 0 Å². The van der Waals surface area contributed by atoms with Gasteiger partial charge >= 0.3 is 0 Å². The molecule has 0 saturated heterocycles. The lowest BCUT2D eigenvalue weighted by atomic mass is 10.0. The number of hydrogen-bond acceptors (Lipinski definition) is 1. The summed E-state index contributed by atoms with van der Waals surface area (Å²) in [6.45, 7) is 2.23. The molecule has 0 aromatic heterocycles. The second-order valence-corrected chi connectivity index (χ2v) is 4.31. The van der Waals surface area contributed by atoms with E-state index in [0.29, 0.717) is 6.04 Å². The van der Waals surface area contributed by atoms with Gasteiger partial charge in [0.15, 0.2) is 0 Å². The third-order valence-corrected chi connectivity index (χ3v) is 2.96. The first-order chi connectivity index (χ1) is 8.38. The molecule has 0 spiro atoms. The molecule has 1 nitrogen and oxygen atoms in total. The van der Waals surface area contributed by atoms with Crippen molar-refractivity contribution in [1.82, 2.24) is 0 Å². The molecule has 0 heterocycles. The quantitative estimate of drug-likeness (QED) is 0.807. The van der Waals surface area contributed by atoms with Crippen molar-refractivity contribution in [1.29, 1.82) is 0 Å². The number of hydrogen-bond donors (Lipinski definition) is 1. The van der Waals surface area contributed by atoms with E-state index in [1.807, 2.05) is 6.07 Å². The predicted octanol–water partition coefficient (Wildman–Crippen LogP) is 4.12. The van der Waals surface area contributed by atoms with Gasteiger partial charge in [0.1, 0.15) is 0 Å². The zero-order chi connectivity index (χ0) is 11.9. The van der Waals surface area contributed by atoms with Crippen LogP contribution in [0.5, 0.6) is 0 Å². The Balaban J connectivity index is 1.98. The largest absolute Gasteiger partial charge is 0.382 e. The van der Waals surface area contributed by atoms with E-state index in [-0.39, 0.29) is 0 Å². The SMILES string of the molecule is CC[C@H](Cc1ccccc1)Nc1ccccc1. The van der Waals surface area contributed by atoms with Crippen molar-refractivity contribution in [2.24, 2.45) is 0 Å². The standard InChI is InChI=1S/C16H19N/c1-2-15(13-14-9-5-3-6-10-14)17-16-11-7-4-8-12-16/h3-12,15,17H,2,13H2,1H3/t15-/m1/s1. The number of rotatable bonds is 5. The van der Waals surface area contributed by atoms with Crippen LogP contribution in [0, 0.1) is 0 Å². The lowest BCUT2D eigenvalue weighted by Crippen LogP contribution is -2.21. The molecule has 1 N–H and O–H groups in total. The Morgan fingerprint density at radius 3 is 2.06 bits per heavy atom. The maximum absolute atomic E-state index is 3.58. The molecule has 2 rings (SSSR count). The molecule has 0 bridgehead atoms. The van der Waals surface area contributed by atoms with Gasteiger partial charge in [-0.3, -0.25) is 0 Å². The summed E-state index contributed by atoms with van der Waals surface area (Å²) in [6.07, 6.45) is 2.20. The van der Waals surface area contributed by atoms with Crippen molar-refractivity contribution in [2.75, 3.05) is 5.32 Å². The van der Waals surface area contributed by atoms with Crippen LogP contribution in [0.1, 0.15) is 18.9 Å². The molecule has 0 aliphatic rings. The Labute approximate surface area is 103 Å². The molecule has 1 atom stereocenters. The summed E-state index contributed by atoms with van der Waals surface area (Å²) in [5.41, 5.74) is 2.60. The van der Waals surface area contributed by atoms with Gasteiger partial charge in [-0.15, -0.1) is 0 Å². The van der Waals surface area contributed by atoms with E-state index in [9.17, 15) is 0 Å². The normalized spacial score (nSPS) is 12.1. The van der Waals surface area contributed by atoms with E-state index in [1.54, 1.807) is 0 Å². The minimum Gasteiger partial charge on any atom is -0.382 e. The van der Waals surface area contributed by atoms with Crippen LogP contribution in [-0.4, -0.2) is 6.04 Å². The van der Waals surface area contributed by atoms with Crippen LogP contribution in [0.3, 0.4) is 0 Å². The molecule has 88 valence electrons. The Kier molecular flexibility index (Phi) is 4.20. The average molecular weight is 225 g/mol. The fourth-order valence-electron chi connectivity index (χ4n) is 1.97. The molecule has 0 fully saturated rings. The average Bonchev–Trinajstić information content (AvgIpc) is 2.40. The van der Waals surface area contributed by atoms with Crippen molar-refractivity contribution in [3.8, 4) is 0 Å². The second-order valence-electron chi connectivity index (χ2n) is 4.31. The van der Waals surface area contributed by atoms with Crippen LogP contribution in [0.4, 0.5) is 5.69 Å². The van der Waals surface area contributed by atoms with Crippen LogP contribution >= 0.6 is 0 Å². The van der Waals surface area contributed by atoms with Gasteiger partial charge in [-0.1, -0.05) is 55.5 Å². The number of nitrogens with one attached hydrogen (secondary N) is 1. The topological polar surface area (TPSA) is 12.0 Å². The van der Waals surface area contributed by atoms with Gasteiger partial charge < -0.3 is 5.32 Å². The van der Waals surface area contributed by atoms with Gasteiger partial charge in [0.25, 0.3) is 0 Å². The first kappa shape index (κ1) is 11.7. The fraction of sp³-hybridized carbons (Fsp3) is 0.250. The molecular weight excluding hydrogens is 206 g/mol. The lowest BCUT2D eigenvalue weighted by Gasteiger charge is -2.18. The highest BCUT2D eigenvalue weighted by molar-refractivity contribution is 5.43. The van der Waals surface area contributed by atoms with Crippen LogP contribution in [0.2, 0.25) is 0 Å². The highest BCUT2D eigenvalue weighted by Gasteiger charge is 2.06. The smallest absolute Gasteiger partial charge is 0.0342 e. The van der Waals surface area contributed by atoms with Gasteiger partial charge in [0.2, 0.25) is 0 Å². The molecule has 0 radical (unpaired) electrons. The van der Waals surface area contributed by atoms with Crippen molar-refractivity contribution < 1.29 is 0 Å². The van der Waals surface area contributed by atoms with Crippen molar-refractivity contribution in [3.05, 3.63) is 66.2 Å². The molecule has 1 heteroatoms. The van der Waals surface area contributed by atoms with Crippen LogP contribution in [0.15, 0.2) is 60.7 Å². The van der Waals surface area contributed by atoms with Gasteiger partial charge in [0, 0.05) is 11.7 Å². The molecule has 0 aliphatic heterocycles. The molecule has 2 aromatic carbocycles. The predicted molar refractivity (Wildman–Crippen MR) is 74.3 cm³/mol. The monoisotopic (exact) mass is 225 g/mol. The summed E-state index contributed by atoms with van der Waals surface area (Å²) in [5.74, 6) is 0. The first-order valence-electron chi connectivity index (χ1n) is 6.24. The number of benzene rings is 2. The van der Waals surface area contributed by atoms with E-state index in [2.05, 4.69) is 66.8 Å². The molecule has 0 amide bonds. The molecular formula is C16H19N. The Hall–Kier alpha value is -1.76. The summed E-state index contributed by atoms with van der Waals surface area (Å²) in [4.78, 5) is 0. The van der Waals surface area contributed by atoms with Gasteiger partial charge in [-0.25, -0.2) is 0 Å². The van der Waals surface area contributed by atoms with E-state index in [4.69, 9.17) is 0 Å². The zero-order valence-electron chi connectivity index (χ0n) is 10.3. The summed E-state index contributed by atoms with van der Waals surface area (Å²) in [7, 11) is 0. The van der Waals surface area contributed by atoms with Crippen molar-refractivity contribution in [2.45, 2.75) is 25.8 Å². The van der Waals surface area contributed by atoms with E-state index in [0.717, 1.165) is 12.8 Å². The summed E-state index contributed by atoms with van der Waals surface area (Å²) < 4.78 is 0. The highest BCUT2D eigenvalue weighted by atomic mass is 14.9. The third kappa shape index (κ3) is 3.63. The Morgan fingerprint density at radius 1 is 0.882 bits per heavy atom. The lowest BCUT2D eigenvalue weighted by molar-refractivity contribution is 0.690. The maximum Gasteiger partial charge on any atom is 0.0342 e. The summed E-state index contributed by atoms with van der Waals surface area (Å²) in [6, 6.07) is 21.6. The second kappa shape index (κ2) is 6.09. The number of para-hydroxylation sites is 1. The first-order valence-corrected chi connectivity index (χ1v) is 6.24. The Morgan fingerprint density at radius 2 is 1.47 bits per heavy atom. The fourth-order valence-corrected chi connectivity index (χ4v) is 1.97. The molecule has 0 saturated carbocycles. The minimum atomic E-state index is 0.500. The van der Waals surface area contributed by atoms with E-state index < -0.39 is 0 Å². The summed E-state index contributed by atoms with van der Waals surface area (Å²) >= 11 is 0. The van der Waals surface area contributed by atoms with E-state index >= 15 is 0 Å². The third-order valence-electron chi connectivity index (χ3n) is 2.96. The molecule has 2 aromatic rings. The zero-order valence-corrected chi connectivity index (χ0v) is 10.3. The highest BCUT2D eigenvalue weighted by Crippen LogP contribution is 2.12. The van der Waals surface area contributed by atoms with Gasteiger partial charge in [-0.2, -0.15) is 0 Å². The van der Waals surface area contributed by atoms with E-state index in [1.165, 1.54) is 11.3 Å². The van der Waals surface area contributed by atoms with Crippen LogP contribution in [0.25, 0.3) is 0 Å². The van der Waals surface area contributed by atoms with Gasteiger partial charge in [0.05, 0.1) is 0 Å². The minimum absolute atomic E-state index is 0.500. The van der Waals surface area contributed by atoms with Gasteiger partial charge in [-0.05, 0) is 30.5 Å². The summed E-state index contributed by atoms with van der Waals surface area (Å²) in [5, 5.41) is 3.58. The Bertz CT molecular complexity index is 380.